The van der Waals surface area contributed by atoms with Gasteiger partial charge in [0.2, 0.25) is 5.89 Å². The second-order valence-electron chi connectivity index (χ2n) is 3.67. The number of likely N-dealkylation sites (N-methyl/N-ethyl adjacent to an activating group) is 1. The average molecular weight is 228 g/mol. The van der Waals surface area contributed by atoms with Crippen LogP contribution in [0.25, 0.3) is 0 Å². The molecule has 92 valence electrons. The van der Waals surface area contributed by atoms with Gasteiger partial charge in [-0.15, -0.1) is 0 Å². The minimum Gasteiger partial charge on any atom is -0.371 e. The Kier molecular flexibility index (Phi) is 5.37. The fraction of sp³-hybridized carbons (Fsp3) is 0.800. The van der Waals surface area contributed by atoms with Gasteiger partial charge in [-0.3, -0.25) is 4.90 Å². The first-order chi connectivity index (χ1) is 7.67. The van der Waals surface area contributed by atoms with Gasteiger partial charge < -0.3 is 15.0 Å². The van der Waals surface area contributed by atoms with E-state index in [-0.39, 0.29) is 6.10 Å². The molecule has 16 heavy (non-hydrogen) atoms. The van der Waals surface area contributed by atoms with Gasteiger partial charge in [0.25, 0.3) is 0 Å². The highest BCUT2D eigenvalue weighted by Gasteiger charge is 2.14. The molecule has 0 aliphatic carbocycles. The van der Waals surface area contributed by atoms with Crippen LogP contribution in [0, 0.1) is 0 Å². The third-order valence-corrected chi connectivity index (χ3v) is 2.18. The van der Waals surface area contributed by atoms with Gasteiger partial charge in [0.15, 0.2) is 5.82 Å². The topological polar surface area (TPSA) is 77.4 Å². The number of aromatic nitrogens is 2. The first kappa shape index (κ1) is 13.1. The van der Waals surface area contributed by atoms with Gasteiger partial charge in [0, 0.05) is 19.7 Å². The van der Waals surface area contributed by atoms with Crippen LogP contribution in [-0.4, -0.2) is 41.8 Å². The maximum atomic E-state index is 5.45. The van der Waals surface area contributed by atoms with Crippen LogP contribution in [0.2, 0.25) is 0 Å². The van der Waals surface area contributed by atoms with Crippen molar-refractivity contribution in [1.29, 1.82) is 0 Å². The van der Waals surface area contributed by atoms with Crippen molar-refractivity contribution >= 4 is 0 Å². The Morgan fingerprint density at radius 1 is 1.56 bits per heavy atom. The van der Waals surface area contributed by atoms with Gasteiger partial charge >= 0.3 is 0 Å². The minimum atomic E-state index is -0.123. The van der Waals surface area contributed by atoms with E-state index in [0.29, 0.717) is 31.4 Å². The molecule has 6 nitrogen and oxygen atoms in total. The Labute approximate surface area is 95.7 Å². The first-order valence-corrected chi connectivity index (χ1v) is 5.50. The molecule has 0 aliphatic rings. The van der Waals surface area contributed by atoms with E-state index in [0.717, 1.165) is 6.54 Å². The molecule has 0 saturated heterocycles. The molecular formula is C10H20N4O2. The van der Waals surface area contributed by atoms with Crippen LogP contribution in [0.3, 0.4) is 0 Å². The van der Waals surface area contributed by atoms with Crippen molar-refractivity contribution in [2.75, 3.05) is 26.7 Å². The highest BCUT2D eigenvalue weighted by molar-refractivity contribution is 4.89. The van der Waals surface area contributed by atoms with E-state index in [1.807, 2.05) is 25.8 Å². The zero-order valence-corrected chi connectivity index (χ0v) is 10.1. The molecule has 0 saturated carbocycles. The lowest BCUT2D eigenvalue weighted by atomic mass is 10.4. The summed E-state index contributed by atoms with van der Waals surface area (Å²) in [5.74, 6) is 1.19. The summed E-state index contributed by atoms with van der Waals surface area (Å²) in [7, 11) is 1.96. The maximum Gasteiger partial charge on any atom is 0.240 e. The number of nitrogens with zero attached hydrogens (tertiary/aromatic N) is 3. The molecule has 6 heteroatoms. The zero-order chi connectivity index (χ0) is 12.0. The minimum absolute atomic E-state index is 0.123. The number of ether oxygens (including phenoxy) is 1. The van der Waals surface area contributed by atoms with Crippen LogP contribution in [0.4, 0.5) is 0 Å². The quantitative estimate of drug-likeness (QED) is 0.734. The maximum absolute atomic E-state index is 5.45. The van der Waals surface area contributed by atoms with E-state index >= 15 is 0 Å². The van der Waals surface area contributed by atoms with Crippen LogP contribution in [0.1, 0.15) is 31.7 Å². The van der Waals surface area contributed by atoms with Crippen molar-refractivity contribution < 1.29 is 9.26 Å². The van der Waals surface area contributed by atoms with Gasteiger partial charge in [-0.1, -0.05) is 5.16 Å². The summed E-state index contributed by atoms with van der Waals surface area (Å²) in [5.41, 5.74) is 5.45. The van der Waals surface area contributed by atoms with Crippen LogP contribution in [0.15, 0.2) is 4.52 Å². The van der Waals surface area contributed by atoms with Crippen LogP contribution < -0.4 is 5.73 Å². The van der Waals surface area contributed by atoms with Gasteiger partial charge in [0.05, 0.1) is 6.54 Å². The second-order valence-corrected chi connectivity index (χ2v) is 3.67. The van der Waals surface area contributed by atoms with E-state index in [1.165, 1.54) is 0 Å². The molecule has 0 spiro atoms. The molecular weight excluding hydrogens is 208 g/mol. The predicted molar refractivity (Wildman–Crippen MR) is 59.7 cm³/mol. The van der Waals surface area contributed by atoms with Crippen molar-refractivity contribution in [2.24, 2.45) is 5.73 Å². The monoisotopic (exact) mass is 228 g/mol. The molecule has 0 aromatic carbocycles. The Morgan fingerprint density at radius 3 is 2.94 bits per heavy atom. The molecule has 0 bridgehead atoms. The summed E-state index contributed by atoms with van der Waals surface area (Å²) >= 11 is 0. The van der Waals surface area contributed by atoms with E-state index in [9.17, 15) is 0 Å². The third kappa shape index (κ3) is 3.88. The molecule has 2 N–H and O–H groups in total. The predicted octanol–water partition coefficient (Wildman–Crippen LogP) is 0.558. The van der Waals surface area contributed by atoms with Crippen molar-refractivity contribution in [2.45, 2.75) is 26.5 Å². The summed E-state index contributed by atoms with van der Waals surface area (Å²) in [6.45, 7) is 6.51. The number of rotatable bonds is 7. The largest absolute Gasteiger partial charge is 0.371 e. The molecule has 1 heterocycles. The average Bonchev–Trinajstić information content (AvgIpc) is 2.67. The lowest BCUT2D eigenvalue weighted by Crippen LogP contribution is -2.25. The standard InChI is InChI=1S/C10H20N4O2/c1-4-15-8(2)10-12-9(16-13-10)7-14(3)6-5-11/h8H,4-7,11H2,1-3H3. The highest BCUT2D eigenvalue weighted by atomic mass is 16.5. The molecule has 1 rings (SSSR count). The Morgan fingerprint density at radius 2 is 2.31 bits per heavy atom. The number of hydrogen-bond acceptors (Lipinski definition) is 6. The third-order valence-electron chi connectivity index (χ3n) is 2.18. The second kappa shape index (κ2) is 6.57. The molecule has 1 unspecified atom stereocenters. The van der Waals surface area contributed by atoms with Crippen LogP contribution >= 0.6 is 0 Å². The van der Waals surface area contributed by atoms with Crippen molar-refractivity contribution in [3.63, 3.8) is 0 Å². The Balaban J connectivity index is 2.50. The summed E-state index contributed by atoms with van der Waals surface area (Å²) in [6, 6.07) is 0. The lowest BCUT2D eigenvalue weighted by Gasteiger charge is -2.11. The molecule has 1 atom stereocenters. The van der Waals surface area contributed by atoms with Gasteiger partial charge in [-0.2, -0.15) is 4.98 Å². The van der Waals surface area contributed by atoms with E-state index in [1.54, 1.807) is 0 Å². The van der Waals surface area contributed by atoms with Gasteiger partial charge in [-0.25, -0.2) is 0 Å². The molecule has 0 amide bonds. The van der Waals surface area contributed by atoms with Crippen molar-refractivity contribution in [3.8, 4) is 0 Å². The summed E-state index contributed by atoms with van der Waals surface area (Å²) < 4.78 is 10.5. The van der Waals surface area contributed by atoms with Crippen LogP contribution in [0.5, 0.6) is 0 Å². The fourth-order valence-electron chi connectivity index (χ4n) is 1.35. The molecule has 0 fully saturated rings. The van der Waals surface area contributed by atoms with E-state index in [4.69, 9.17) is 15.0 Å². The first-order valence-electron chi connectivity index (χ1n) is 5.50. The SMILES string of the molecule is CCOC(C)c1noc(CN(C)CCN)n1. The molecule has 0 aliphatic heterocycles. The summed E-state index contributed by atoms with van der Waals surface area (Å²) in [4.78, 5) is 6.30. The molecule has 1 aromatic rings. The normalized spacial score (nSPS) is 13.3. The van der Waals surface area contributed by atoms with E-state index in [2.05, 4.69) is 10.1 Å². The zero-order valence-electron chi connectivity index (χ0n) is 10.1. The Bertz CT molecular complexity index is 303. The van der Waals surface area contributed by atoms with Gasteiger partial charge in [0.1, 0.15) is 6.10 Å². The van der Waals surface area contributed by atoms with E-state index < -0.39 is 0 Å². The molecule has 0 radical (unpaired) electrons. The summed E-state index contributed by atoms with van der Waals surface area (Å²) in [6.07, 6.45) is -0.123. The molecule has 1 aromatic heterocycles. The van der Waals surface area contributed by atoms with Crippen molar-refractivity contribution in [3.05, 3.63) is 11.7 Å². The van der Waals surface area contributed by atoms with Crippen LogP contribution in [-0.2, 0) is 11.3 Å². The highest BCUT2D eigenvalue weighted by Crippen LogP contribution is 2.13. The number of hydrogen-bond donors (Lipinski definition) is 1. The van der Waals surface area contributed by atoms with Gasteiger partial charge in [-0.05, 0) is 20.9 Å². The smallest absolute Gasteiger partial charge is 0.240 e. The number of nitrogens with two attached hydrogens (primary N) is 1. The van der Waals surface area contributed by atoms with Crippen molar-refractivity contribution in [1.82, 2.24) is 15.0 Å². The Hall–Kier alpha value is -0.980. The fourth-order valence-corrected chi connectivity index (χ4v) is 1.35. The lowest BCUT2D eigenvalue weighted by molar-refractivity contribution is 0.0683. The summed E-state index contributed by atoms with van der Waals surface area (Å²) in [5, 5.41) is 3.88.